The number of nitrogens with zero attached hydrogens (tertiary/aromatic N) is 7. The van der Waals surface area contributed by atoms with Gasteiger partial charge in [0.2, 0.25) is 0 Å². The molecule has 46 heavy (non-hydrogen) atoms. The van der Waals surface area contributed by atoms with Gasteiger partial charge >= 0.3 is 259 Å². The average molecular weight is 762 g/mol. The van der Waals surface area contributed by atoms with Crippen LogP contribution in [0.25, 0.3) is 22.3 Å². The summed E-state index contributed by atoms with van der Waals surface area (Å²) in [4.78, 5) is 56.8. The third-order valence-electron chi connectivity index (χ3n) is 9.08. The number of fused-ring (bicyclic) bond motifs is 7. The first-order valence-electron chi connectivity index (χ1n) is 14.0. The van der Waals surface area contributed by atoms with E-state index >= 15 is 0 Å². The molecule has 8 rings (SSSR count). The monoisotopic (exact) mass is 763 g/mol. The van der Waals surface area contributed by atoms with E-state index in [2.05, 4.69) is 29.9 Å². The molecule has 2 unspecified atom stereocenters. The van der Waals surface area contributed by atoms with Crippen LogP contribution in [0.1, 0.15) is 17.2 Å². The van der Waals surface area contributed by atoms with Gasteiger partial charge in [0.15, 0.2) is 0 Å². The molecule has 2 saturated heterocycles. The fourth-order valence-corrected chi connectivity index (χ4v) is 12.9. The molecule has 0 amide bonds. The molecule has 0 radical (unpaired) electrons. The quantitative estimate of drug-likeness (QED) is 0.106. The number of phosphoric ester groups is 1. The van der Waals surface area contributed by atoms with Crippen LogP contribution in [0.3, 0.4) is 0 Å². The van der Waals surface area contributed by atoms with Crippen LogP contribution >= 0.6 is 14.5 Å². The zero-order valence-corrected chi connectivity index (χ0v) is 27.9. The minimum atomic E-state index is -4.88. The van der Waals surface area contributed by atoms with Gasteiger partial charge in [0.25, 0.3) is 0 Å². The van der Waals surface area contributed by atoms with E-state index in [4.69, 9.17) is 35.6 Å². The van der Waals surface area contributed by atoms with Crippen LogP contribution in [0.4, 0.5) is 5.82 Å². The number of rotatable bonds is 2. The molecular weight excluding hydrogens is 735 g/mol. The van der Waals surface area contributed by atoms with E-state index in [0.717, 1.165) is 0 Å². The van der Waals surface area contributed by atoms with Gasteiger partial charge in [-0.1, -0.05) is 0 Å². The summed E-state index contributed by atoms with van der Waals surface area (Å²) in [6, 6.07) is 0. The summed E-state index contributed by atoms with van der Waals surface area (Å²) >= 11 is 4.72. The summed E-state index contributed by atoms with van der Waals surface area (Å²) in [5, 5.41) is 23.0. The first-order chi connectivity index (χ1) is 21.8. The number of aliphatic hydroxyl groups is 2. The van der Waals surface area contributed by atoms with Crippen molar-refractivity contribution in [2.24, 2.45) is 11.8 Å². The molecule has 4 aromatic heterocycles. The van der Waals surface area contributed by atoms with E-state index < -0.39 is 87.3 Å². The van der Waals surface area contributed by atoms with Gasteiger partial charge < -0.3 is 5.73 Å². The molecule has 23 heteroatoms. The van der Waals surface area contributed by atoms with Crippen LogP contribution < -0.4 is 11.3 Å². The predicted octanol–water partition coefficient (Wildman–Crippen LogP) is -0.944. The Morgan fingerprint density at radius 3 is 2.67 bits per heavy atom. The van der Waals surface area contributed by atoms with Crippen molar-refractivity contribution in [3.63, 3.8) is 0 Å². The Bertz CT molecular complexity index is 2050. The number of aromatic amines is 1. The summed E-state index contributed by atoms with van der Waals surface area (Å²) in [6.07, 6.45) is -0.622. The van der Waals surface area contributed by atoms with E-state index in [9.17, 15) is 29.4 Å². The topological polar surface area (TPSA) is 268 Å². The molecule has 4 aliphatic rings. The van der Waals surface area contributed by atoms with Gasteiger partial charge in [-0.05, 0) is 0 Å². The van der Waals surface area contributed by atoms with Crippen molar-refractivity contribution >= 4 is 69.5 Å². The molecule has 19 nitrogen and oxygen atoms in total. The maximum atomic E-state index is 13.5. The van der Waals surface area contributed by atoms with E-state index in [1.165, 1.54) is 23.5 Å². The molecule has 2 saturated carbocycles. The van der Waals surface area contributed by atoms with E-state index in [0.29, 0.717) is 23.4 Å². The number of phosphoric acid groups is 1. The molecule has 246 valence electrons. The Labute approximate surface area is 269 Å². The van der Waals surface area contributed by atoms with Gasteiger partial charge in [0.1, 0.15) is 0 Å². The number of aromatic nitrogens is 8. The van der Waals surface area contributed by atoms with Crippen LogP contribution in [-0.2, 0) is 40.0 Å². The van der Waals surface area contributed by atoms with Gasteiger partial charge in [-0.3, -0.25) is 0 Å². The van der Waals surface area contributed by atoms with Gasteiger partial charge in [0, 0.05) is 0 Å². The number of nitrogen functional groups attached to an aromatic ring is 1. The number of nitrogens with two attached hydrogens (primary N) is 1. The number of hydrogen-bond acceptors (Lipinski definition) is 15. The maximum absolute atomic E-state index is 13.5. The first-order valence-corrected chi connectivity index (χ1v) is 20.1. The van der Waals surface area contributed by atoms with Crippen molar-refractivity contribution in [2.75, 3.05) is 18.9 Å². The molecule has 2 aliphatic heterocycles. The Hall–Kier alpha value is -2.22. The number of H-pyrrole nitrogens is 1. The van der Waals surface area contributed by atoms with Crippen molar-refractivity contribution in [1.29, 1.82) is 0 Å². The van der Waals surface area contributed by atoms with Crippen LogP contribution in [0, 0.1) is 18.8 Å². The zero-order chi connectivity index (χ0) is 32.3. The van der Waals surface area contributed by atoms with Gasteiger partial charge in [0.05, 0.1) is 0 Å². The van der Waals surface area contributed by atoms with Gasteiger partial charge in [-0.15, -0.1) is 0 Å². The molecule has 0 spiro atoms. The van der Waals surface area contributed by atoms with Crippen molar-refractivity contribution in [1.82, 2.24) is 39.0 Å². The van der Waals surface area contributed by atoms with E-state index in [1.807, 2.05) is 0 Å². The fraction of sp³-hybridized carbons (Fsp3) is 0.565. The second-order valence-electron chi connectivity index (χ2n) is 11.7. The normalized spacial score (nSPS) is 41.1. The number of anilines is 1. The standard InChI is InChI=1S/C23H27N9O10P2SSe/c1-8-29-20-13(21(35)30-8)27-6-31(20)22-16-14(33)11(46-22)4-40-44(38,45)42-15-9(3-39-43(36,37)41-16)10-2-23(10,17(15)34)32-7-28-12-18(24)25-5-26-19(12)32/h5-7,9-11,14-17,22,33-34H,2-4H2,1H3,(H,36,37)(H,38,45)(H2,24,25,26)(H,29,30,35)/t9-,10-,11+,14+,15+,16+,17+,22+,23-,44?/m0/s1. The zero-order valence-electron chi connectivity index (χ0n) is 23.6. The van der Waals surface area contributed by atoms with E-state index in [-0.39, 0.29) is 29.5 Å². The molecule has 0 aromatic carbocycles. The van der Waals surface area contributed by atoms with Crippen molar-refractivity contribution < 1.29 is 42.7 Å². The van der Waals surface area contributed by atoms with Crippen molar-refractivity contribution in [3.8, 4) is 0 Å². The number of nitrogens with one attached hydrogen (secondary N) is 1. The van der Waals surface area contributed by atoms with Gasteiger partial charge in [-0.25, -0.2) is 4.98 Å². The summed E-state index contributed by atoms with van der Waals surface area (Å²) in [5.74, 6) is -0.664. The SMILES string of the molecule is Cc1nc2c(ncn2[C@@H]2[Se][C@@H]3COP(O)(=S)O[C@@H]4[C@@H](COP(=O)(O)O[C@@H]2[C@@H]3O)[C@@H]2C[C@@]2(n2cnc3c(N)ncnc32)[C@@H]4O)c(=O)[nH]1. The molecular formula is C23H27N9O10P2SSe. The third-order valence-corrected chi connectivity index (χ3v) is 14.9. The van der Waals surface area contributed by atoms with Crippen LogP contribution in [0.2, 0.25) is 4.82 Å². The molecule has 6 heterocycles. The summed E-state index contributed by atoms with van der Waals surface area (Å²) in [6.45, 7) is -3.18. The average Bonchev–Trinajstić information content (AvgIpc) is 3.25. The Kier molecular flexibility index (Phi) is 7.19. The van der Waals surface area contributed by atoms with Crippen LogP contribution in [0.5, 0.6) is 0 Å². The number of aryl methyl sites for hydroxylation is 1. The third kappa shape index (κ3) is 4.76. The van der Waals surface area contributed by atoms with E-state index in [1.54, 1.807) is 11.5 Å². The summed E-state index contributed by atoms with van der Waals surface area (Å²) < 4.78 is 39.5. The predicted molar refractivity (Wildman–Crippen MR) is 161 cm³/mol. The Morgan fingerprint density at radius 2 is 1.87 bits per heavy atom. The number of imidazole rings is 2. The molecule has 2 bridgehead atoms. The number of aliphatic hydroxyl groups excluding tert-OH is 2. The first kappa shape index (κ1) is 31.1. The van der Waals surface area contributed by atoms with Crippen LogP contribution in [-0.4, -0.2) is 112 Å². The second kappa shape index (κ2) is 10.6. The second-order valence-corrected chi connectivity index (χ2v) is 18.7. The Balaban J connectivity index is 1.14. The fourth-order valence-electron chi connectivity index (χ4n) is 6.96. The molecule has 4 aromatic rings. The van der Waals surface area contributed by atoms with Crippen molar-refractivity contribution in [2.45, 2.75) is 53.1 Å². The minimum absolute atomic E-state index is 0.0463. The van der Waals surface area contributed by atoms with Gasteiger partial charge in [-0.2, -0.15) is 0 Å². The molecule has 4 fully saturated rings. The number of hydrogen-bond donors (Lipinski definition) is 6. The molecule has 7 N–H and O–H groups in total. The van der Waals surface area contributed by atoms with Crippen LogP contribution in [0.15, 0.2) is 23.8 Å². The molecule has 11 atom stereocenters. The summed E-state index contributed by atoms with van der Waals surface area (Å²) in [5.41, 5.74) is 5.44. The van der Waals surface area contributed by atoms with Crippen molar-refractivity contribution in [3.05, 3.63) is 35.2 Å². The Morgan fingerprint density at radius 1 is 1.09 bits per heavy atom. The molecule has 2 aliphatic carbocycles. The summed E-state index contributed by atoms with van der Waals surface area (Å²) in [7, 11) is -4.88.